The minimum Gasteiger partial charge on any atom is -0.460 e. The Bertz CT molecular complexity index is 829. The van der Waals surface area contributed by atoms with Gasteiger partial charge in [-0.25, -0.2) is 13.8 Å². The van der Waals surface area contributed by atoms with Gasteiger partial charge in [-0.15, -0.1) is 0 Å². The Morgan fingerprint density at radius 3 is 2.31 bits per heavy atom. The summed E-state index contributed by atoms with van der Waals surface area (Å²) in [5.41, 5.74) is -0.924. The number of hydrogen-bond acceptors (Lipinski definition) is 3. The molecule has 0 bridgehead atoms. The molecule has 1 aromatic carbocycles. The third kappa shape index (κ3) is 5.01. The van der Waals surface area contributed by atoms with Crippen LogP contribution in [0.25, 0.3) is 11.3 Å². The van der Waals surface area contributed by atoms with Crippen LogP contribution in [0.2, 0.25) is 5.15 Å². The summed E-state index contributed by atoms with van der Waals surface area (Å²) in [4.78, 5) is 16.3. The summed E-state index contributed by atoms with van der Waals surface area (Å²) < 4.78 is 33.7. The first-order valence-electron chi connectivity index (χ1n) is 8.23. The van der Waals surface area contributed by atoms with E-state index in [2.05, 4.69) is 4.98 Å². The fraction of sp³-hybridized carbons (Fsp3) is 0.400. The highest BCUT2D eigenvalue weighted by Gasteiger charge is 2.33. The van der Waals surface area contributed by atoms with E-state index in [1.807, 2.05) is 0 Å². The number of halogens is 3. The average molecular weight is 382 g/mol. The molecule has 0 atom stereocenters. The Labute approximate surface area is 157 Å². The largest absolute Gasteiger partial charge is 0.460 e. The molecular formula is C20H22ClF2NO2. The van der Waals surface area contributed by atoms with Gasteiger partial charge in [0.1, 0.15) is 28.1 Å². The van der Waals surface area contributed by atoms with Crippen molar-refractivity contribution >= 4 is 17.6 Å². The number of aromatic nitrogens is 1. The summed E-state index contributed by atoms with van der Waals surface area (Å²) in [6.07, 6.45) is 0.303. The van der Waals surface area contributed by atoms with Crippen molar-refractivity contribution in [2.24, 2.45) is 5.41 Å². The van der Waals surface area contributed by atoms with Gasteiger partial charge in [-0.1, -0.05) is 17.7 Å². The van der Waals surface area contributed by atoms with E-state index in [-0.39, 0.29) is 22.4 Å². The van der Waals surface area contributed by atoms with Crippen LogP contribution in [0.4, 0.5) is 8.78 Å². The molecule has 0 N–H and O–H groups in total. The van der Waals surface area contributed by atoms with Gasteiger partial charge in [0.25, 0.3) is 0 Å². The van der Waals surface area contributed by atoms with Gasteiger partial charge in [-0.2, -0.15) is 0 Å². The second-order valence-corrected chi connectivity index (χ2v) is 8.23. The normalized spacial score (nSPS) is 12.2. The molecule has 0 fully saturated rings. The highest BCUT2D eigenvalue weighted by molar-refractivity contribution is 6.29. The lowest BCUT2D eigenvalue weighted by atomic mass is 9.85. The number of esters is 1. The summed E-state index contributed by atoms with van der Waals surface area (Å²) in [7, 11) is 0. The third-order valence-electron chi connectivity index (χ3n) is 3.70. The molecule has 0 aliphatic heterocycles. The maximum Gasteiger partial charge on any atom is 0.312 e. The Hall–Kier alpha value is -2.01. The molecule has 1 heterocycles. The quantitative estimate of drug-likeness (QED) is 0.511. The fourth-order valence-electron chi connectivity index (χ4n) is 2.47. The molecule has 26 heavy (non-hydrogen) atoms. The van der Waals surface area contributed by atoms with E-state index in [4.69, 9.17) is 16.3 Å². The lowest BCUT2D eigenvalue weighted by molar-refractivity contribution is -0.165. The molecule has 2 aromatic rings. The maximum absolute atomic E-state index is 14.2. The van der Waals surface area contributed by atoms with Crippen molar-refractivity contribution in [1.82, 2.24) is 4.98 Å². The lowest BCUT2D eigenvalue weighted by Gasteiger charge is -2.28. The van der Waals surface area contributed by atoms with Gasteiger partial charge in [-0.05, 0) is 70.9 Å². The molecule has 0 radical (unpaired) electrons. The topological polar surface area (TPSA) is 39.2 Å². The zero-order chi connectivity index (χ0) is 19.7. The molecule has 3 nitrogen and oxygen atoms in total. The molecule has 0 saturated heterocycles. The van der Waals surface area contributed by atoms with E-state index >= 15 is 0 Å². The first-order valence-corrected chi connectivity index (χ1v) is 8.61. The van der Waals surface area contributed by atoms with Crippen molar-refractivity contribution < 1.29 is 18.3 Å². The van der Waals surface area contributed by atoms with Crippen LogP contribution in [0.3, 0.4) is 0 Å². The lowest BCUT2D eigenvalue weighted by Crippen LogP contribution is -2.35. The third-order valence-corrected chi connectivity index (χ3v) is 3.91. The van der Waals surface area contributed by atoms with Crippen molar-refractivity contribution in [3.05, 3.63) is 52.7 Å². The Kier molecular flexibility index (Phi) is 5.71. The summed E-state index contributed by atoms with van der Waals surface area (Å²) in [6, 6.07) is 6.73. The van der Waals surface area contributed by atoms with Crippen LogP contribution in [-0.2, 0) is 16.0 Å². The van der Waals surface area contributed by atoms with Gasteiger partial charge in [0.05, 0.1) is 5.41 Å². The summed E-state index contributed by atoms with van der Waals surface area (Å²) >= 11 is 5.81. The summed E-state index contributed by atoms with van der Waals surface area (Å²) in [5, 5.41) is 0.0697. The Morgan fingerprint density at radius 2 is 1.69 bits per heavy atom. The Balaban J connectivity index is 2.35. The van der Waals surface area contributed by atoms with Crippen LogP contribution in [0.15, 0.2) is 30.3 Å². The fourth-order valence-corrected chi connectivity index (χ4v) is 2.62. The highest BCUT2D eigenvalue weighted by atomic mass is 35.5. The number of hydrogen-bond donors (Lipinski definition) is 0. The molecule has 0 amide bonds. The van der Waals surface area contributed by atoms with E-state index in [1.165, 1.54) is 18.2 Å². The van der Waals surface area contributed by atoms with Crippen LogP contribution in [0.5, 0.6) is 0 Å². The van der Waals surface area contributed by atoms with Gasteiger partial charge >= 0.3 is 5.97 Å². The van der Waals surface area contributed by atoms with Crippen LogP contribution >= 0.6 is 11.6 Å². The minimum atomic E-state index is -0.831. The van der Waals surface area contributed by atoms with E-state index in [0.717, 1.165) is 6.07 Å². The van der Waals surface area contributed by atoms with Gasteiger partial charge in [0, 0.05) is 5.56 Å². The summed E-state index contributed by atoms with van der Waals surface area (Å²) in [6.45, 7) is 8.89. The molecule has 0 aliphatic carbocycles. The molecule has 0 aliphatic rings. The van der Waals surface area contributed by atoms with E-state index in [0.29, 0.717) is 12.0 Å². The van der Waals surface area contributed by atoms with Crippen molar-refractivity contribution in [3.8, 4) is 11.3 Å². The van der Waals surface area contributed by atoms with Gasteiger partial charge < -0.3 is 4.74 Å². The Morgan fingerprint density at radius 1 is 1.08 bits per heavy atom. The molecule has 6 heteroatoms. The van der Waals surface area contributed by atoms with E-state index < -0.39 is 22.7 Å². The zero-order valence-electron chi connectivity index (χ0n) is 15.5. The number of pyridine rings is 1. The van der Waals surface area contributed by atoms with E-state index in [1.54, 1.807) is 40.7 Å². The molecule has 0 spiro atoms. The van der Waals surface area contributed by atoms with Crippen LogP contribution in [0.1, 0.15) is 40.2 Å². The highest BCUT2D eigenvalue weighted by Crippen LogP contribution is 2.30. The standard InChI is InChI=1S/C20H22ClF2NO2/c1-19(2,3)26-18(25)20(4,5)11-12-6-7-14(22)13(10-12)17-15(23)8-9-16(21)24-17/h6-10H,11H2,1-5H3. The van der Waals surface area contributed by atoms with Crippen molar-refractivity contribution in [2.45, 2.75) is 46.6 Å². The molecule has 0 saturated carbocycles. The average Bonchev–Trinajstić information content (AvgIpc) is 2.50. The van der Waals surface area contributed by atoms with Crippen molar-refractivity contribution in [2.75, 3.05) is 0 Å². The molecular weight excluding hydrogens is 360 g/mol. The predicted molar refractivity (Wildman–Crippen MR) is 97.9 cm³/mol. The monoisotopic (exact) mass is 381 g/mol. The van der Waals surface area contributed by atoms with Gasteiger partial charge in [-0.3, -0.25) is 4.79 Å². The molecule has 0 unspecified atom stereocenters. The van der Waals surface area contributed by atoms with Gasteiger partial charge in [0.2, 0.25) is 0 Å². The van der Waals surface area contributed by atoms with Crippen molar-refractivity contribution in [1.29, 1.82) is 0 Å². The second kappa shape index (κ2) is 7.31. The number of benzene rings is 1. The van der Waals surface area contributed by atoms with Crippen LogP contribution < -0.4 is 0 Å². The number of nitrogens with zero attached hydrogens (tertiary/aromatic N) is 1. The van der Waals surface area contributed by atoms with Crippen molar-refractivity contribution in [3.63, 3.8) is 0 Å². The number of ether oxygens (including phenoxy) is 1. The molecule has 140 valence electrons. The zero-order valence-corrected chi connectivity index (χ0v) is 16.2. The SMILES string of the molecule is CC(C)(C)OC(=O)C(C)(C)Cc1ccc(F)c(-c2nc(Cl)ccc2F)c1. The van der Waals surface area contributed by atoms with Crippen LogP contribution in [-0.4, -0.2) is 16.6 Å². The smallest absolute Gasteiger partial charge is 0.312 e. The summed E-state index contributed by atoms with van der Waals surface area (Å²) in [5.74, 6) is -1.64. The molecule has 1 aromatic heterocycles. The predicted octanol–water partition coefficient (Wildman–Crippen LogP) is 5.59. The first kappa shape index (κ1) is 20.3. The van der Waals surface area contributed by atoms with E-state index in [9.17, 15) is 13.6 Å². The van der Waals surface area contributed by atoms with Gasteiger partial charge in [0.15, 0.2) is 0 Å². The molecule has 2 rings (SSSR count). The number of carbonyl (C=O) groups excluding carboxylic acids is 1. The minimum absolute atomic E-state index is 0.00230. The number of rotatable bonds is 4. The second-order valence-electron chi connectivity index (χ2n) is 7.84. The van der Waals surface area contributed by atoms with Crippen LogP contribution in [0, 0.1) is 17.0 Å². The maximum atomic E-state index is 14.2. The first-order chi connectivity index (χ1) is 11.9. The number of carbonyl (C=O) groups is 1.